The van der Waals surface area contributed by atoms with Crippen molar-refractivity contribution in [3.05, 3.63) is 48.3 Å². The predicted molar refractivity (Wildman–Crippen MR) is 79.3 cm³/mol. The Kier molecular flexibility index (Phi) is 4.29. The second-order valence-corrected chi connectivity index (χ2v) is 5.62. The van der Waals surface area contributed by atoms with Gasteiger partial charge in [-0.1, -0.05) is 19.1 Å². The van der Waals surface area contributed by atoms with Crippen molar-refractivity contribution in [3.63, 3.8) is 0 Å². The molecule has 0 bridgehead atoms. The molecule has 0 radical (unpaired) electrons. The van der Waals surface area contributed by atoms with Gasteiger partial charge in [0, 0.05) is 19.1 Å². The fourth-order valence-electron chi connectivity index (χ4n) is 3.26. The Morgan fingerprint density at radius 2 is 1.95 bits per heavy atom. The molecule has 0 spiro atoms. The average Bonchev–Trinajstić information content (AvgIpc) is 3.05. The molecule has 1 aliphatic rings. The zero-order chi connectivity index (χ0) is 14.7. The number of piperidine rings is 1. The molecule has 4 nitrogen and oxygen atoms in total. The monoisotopic (exact) mass is 288 g/mol. The van der Waals surface area contributed by atoms with Crippen LogP contribution in [0.2, 0.25) is 0 Å². The van der Waals surface area contributed by atoms with E-state index in [4.69, 9.17) is 0 Å². The molecule has 0 amide bonds. The van der Waals surface area contributed by atoms with E-state index in [1.165, 1.54) is 5.56 Å². The summed E-state index contributed by atoms with van der Waals surface area (Å²) < 4.78 is 15.0. The van der Waals surface area contributed by atoms with E-state index >= 15 is 0 Å². The number of nitrogens with zero attached hydrogens (tertiary/aromatic N) is 4. The SMILES string of the molecule is CCC(c1ccc(F)cc1)N1CCC(n2cncn2)CC1. The molecule has 0 N–H and O–H groups in total. The lowest BCUT2D eigenvalue weighted by atomic mass is 9.98. The second kappa shape index (κ2) is 6.35. The Bertz CT molecular complexity index is 544. The predicted octanol–water partition coefficient (Wildman–Crippen LogP) is 3.21. The Hall–Kier alpha value is -1.75. The quantitative estimate of drug-likeness (QED) is 0.866. The number of rotatable bonds is 4. The third-order valence-electron chi connectivity index (χ3n) is 4.39. The minimum atomic E-state index is -0.168. The van der Waals surface area contributed by atoms with Gasteiger partial charge >= 0.3 is 0 Å². The Morgan fingerprint density at radius 1 is 1.24 bits per heavy atom. The van der Waals surface area contributed by atoms with Crippen LogP contribution < -0.4 is 0 Å². The minimum absolute atomic E-state index is 0.168. The van der Waals surface area contributed by atoms with E-state index in [2.05, 4.69) is 21.9 Å². The third-order valence-corrected chi connectivity index (χ3v) is 4.39. The molecule has 0 aliphatic carbocycles. The van der Waals surface area contributed by atoms with Crippen LogP contribution in [0.4, 0.5) is 4.39 Å². The van der Waals surface area contributed by atoms with E-state index in [1.807, 2.05) is 16.8 Å². The largest absolute Gasteiger partial charge is 0.296 e. The third kappa shape index (κ3) is 3.13. The molecule has 1 fully saturated rings. The highest BCUT2D eigenvalue weighted by atomic mass is 19.1. The van der Waals surface area contributed by atoms with Crippen LogP contribution in [-0.4, -0.2) is 32.8 Å². The topological polar surface area (TPSA) is 34.0 Å². The molecule has 1 aromatic heterocycles. The highest BCUT2D eigenvalue weighted by Crippen LogP contribution is 2.30. The first-order valence-electron chi connectivity index (χ1n) is 7.61. The van der Waals surface area contributed by atoms with Crippen LogP contribution in [0.1, 0.15) is 43.8 Å². The van der Waals surface area contributed by atoms with E-state index in [0.717, 1.165) is 32.4 Å². The average molecular weight is 288 g/mol. The first-order valence-corrected chi connectivity index (χ1v) is 7.61. The van der Waals surface area contributed by atoms with Crippen LogP contribution in [0.5, 0.6) is 0 Å². The van der Waals surface area contributed by atoms with Crippen molar-refractivity contribution >= 4 is 0 Å². The highest BCUT2D eigenvalue weighted by molar-refractivity contribution is 5.20. The fourth-order valence-corrected chi connectivity index (χ4v) is 3.26. The van der Waals surface area contributed by atoms with Gasteiger partial charge in [0.25, 0.3) is 0 Å². The molecule has 1 unspecified atom stereocenters. The lowest BCUT2D eigenvalue weighted by Crippen LogP contribution is -2.37. The summed E-state index contributed by atoms with van der Waals surface area (Å²) in [5.74, 6) is -0.168. The van der Waals surface area contributed by atoms with Gasteiger partial charge < -0.3 is 0 Å². The van der Waals surface area contributed by atoms with E-state index < -0.39 is 0 Å². The van der Waals surface area contributed by atoms with E-state index in [1.54, 1.807) is 24.8 Å². The van der Waals surface area contributed by atoms with Gasteiger partial charge in [0.15, 0.2) is 0 Å². The first-order chi connectivity index (χ1) is 10.3. The van der Waals surface area contributed by atoms with Gasteiger partial charge in [0.1, 0.15) is 18.5 Å². The summed E-state index contributed by atoms with van der Waals surface area (Å²) in [5, 5.41) is 4.24. The summed E-state index contributed by atoms with van der Waals surface area (Å²) in [4.78, 5) is 6.53. The van der Waals surface area contributed by atoms with Crippen molar-refractivity contribution in [2.75, 3.05) is 13.1 Å². The number of likely N-dealkylation sites (tertiary alicyclic amines) is 1. The van der Waals surface area contributed by atoms with Crippen molar-refractivity contribution in [2.24, 2.45) is 0 Å². The molecular formula is C16H21FN4. The summed E-state index contributed by atoms with van der Waals surface area (Å²) in [6.07, 6.45) is 6.61. The number of hydrogen-bond donors (Lipinski definition) is 0. The normalized spacial score (nSPS) is 18.8. The van der Waals surface area contributed by atoms with Crippen molar-refractivity contribution in [2.45, 2.75) is 38.3 Å². The molecule has 1 atom stereocenters. The van der Waals surface area contributed by atoms with Gasteiger partial charge in [0.2, 0.25) is 0 Å². The molecule has 3 rings (SSSR count). The van der Waals surface area contributed by atoms with Crippen LogP contribution in [0.3, 0.4) is 0 Å². The summed E-state index contributed by atoms with van der Waals surface area (Å²) in [6.45, 7) is 4.28. The molecule has 0 saturated carbocycles. The zero-order valence-corrected chi connectivity index (χ0v) is 12.3. The summed E-state index contributed by atoms with van der Waals surface area (Å²) in [7, 11) is 0. The zero-order valence-electron chi connectivity index (χ0n) is 12.3. The number of aromatic nitrogens is 3. The Labute approximate surface area is 124 Å². The number of hydrogen-bond acceptors (Lipinski definition) is 3. The molecule has 2 heterocycles. The molecule has 2 aromatic rings. The van der Waals surface area contributed by atoms with Gasteiger partial charge in [-0.25, -0.2) is 14.1 Å². The second-order valence-electron chi connectivity index (χ2n) is 5.62. The van der Waals surface area contributed by atoms with Crippen LogP contribution in [0.15, 0.2) is 36.9 Å². The molecule has 1 saturated heterocycles. The maximum absolute atomic E-state index is 13.1. The molecule has 112 valence electrons. The van der Waals surface area contributed by atoms with Crippen LogP contribution >= 0.6 is 0 Å². The molecule has 1 aliphatic heterocycles. The molecular weight excluding hydrogens is 267 g/mol. The van der Waals surface area contributed by atoms with Crippen LogP contribution in [-0.2, 0) is 0 Å². The van der Waals surface area contributed by atoms with Crippen molar-refractivity contribution in [1.29, 1.82) is 0 Å². The van der Waals surface area contributed by atoms with Crippen LogP contribution in [0.25, 0.3) is 0 Å². The number of benzene rings is 1. The van der Waals surface area contributed by atoms with Gasteiger partial charge in [-0.2, -0.15) is 5.10 Å². The fraction of sp³-hybridized carbons (Fsp3) is 0.500. The summed E-state index contributed by atoms with van der Waals surface area (Å²) >= 11 is 0. The van der Waals surface area contributed by atoms with E-state index in [-0.39, 0.29) is 5.82 Å². The summed E-state index contributed by atoms with van der Waals surface area (Å²) in [6, 6.07) is 7.76. The molecule has 5 heteroatoms. The maximum Gasteiger partial charge on any atom is 0.137 e. The standard InChI is InChI=1S/C16H21FN4/c1-2-16(13-3-5-14(17)6-4-13)20-9-7-15(8-10-20)21-12-18-11-19-21/h3-6,11-12,15-16H,2,7-10H2,1H3. The van der Waals surface area contributed by atoms with Gasteiger partial charge in [-0.15, -0.1) is 0 Å². The van der Waals surface area contributed by atoms with Gasteiger partial charge in [-0.3, -0.25) is 4.90 Å². The van der Waals surface area contributed by atoms with Crippen molar-refractivity contribution in [1.82, 2.24) is 19.7 Å². The van der Waals surface area contributed by atoms with Crippen molar-refractivity contribution < 1.29 is 4.39 Å². The lowest BCUT2D eigenvalue weighted by molar-refractivity contribution is 0.127. The molecule has 1 aromatic carbocycles. The summed E-state index contributed by atoms with van der Waals surface area (Å²) in [5.41, 5.74) is 1.21. The maximum atomic E-state index is 13.1. The van der Waals surface area contributed by atoms with Crippen molar-refractivity contribution in [3.8, 4) is 0 Å². The first kappa shape index (κ1) is 14.2. The molecule has 21 heavy (non-hydrogen) atoms. The Balaban J connectivity index is 1.65. The smallest absolute Gasteiger partial charge is 0.137 e. The van der Waals surface area contributed by atoms with E-state index in [9.17, 15) is 4.39 Å². The Morgan fingerprint density at radius 3 is 2.52 bits per heavy atom. The van der Waals surface area contributed by atoms with Crippen LogP contribution in [0, 0.1) is 5.82 Å². The lowest BCUT2D eigenvalue weighted by Gasteiger charge is -2.37. The van der Waals surface area contributed by atoms with Gasteiger partial charge in [-0.05, 0) is 37.0 Å². The number of halogens is 1. The van der Waals surface area contributed by atoms with Gasteiger partial charge in [0.05, 0.1) is 6.04 Å². The highest BCUT2D eigenvalue weighted by Gasteiger charge is 2.26. The minimum Gasteiger partial charge on any atom is -0.296 e. The van der Waals surface area contributed by atoms with E-state index in [0.29, 0.717) is 12.1 Å².